The minimum absolute atomic E-state index is 0.0774. The number of H-pyrrole nitrogens is 1. The fraction of sp³-hybridized carbons (Fsp3) is 0.381. The number of aromatic nitrogens is 3. The number of imidazole rings is 1. The summed E-state index contributed by atoms with van der Waals surface area (Å²) < 4.78 is 6.92. The maximum atomic E-state index is 12.9. The molecule has 0 saturated heterocycles. The van der Waals surface area contributed by atoms with Gasteiger partial charge in [-0.2, -0.15) is 0 Å². The molecule has 2 N–H and O–H groups in total. The number of hydrogen-bond acceptors (Lipinski definition) is 4. The van der Waals surface area contributed by atoms with Crippen molar-refractivity contribution < 1.29 is 9.53 Å². The van der Waals surface area contributed by atoms with Crippen molar-refractivity contribution in [3.63, 3.8) is 0 Å². The average Bonchev–Trinajstić information content (AvgIpc) is 3.09. The molecule has 1 amide bonds. The van der Waals surface area contributed by atoms with Crippen molar-refractivity contribution in [3.05, 3.63) is 68.1 Å². The van der Waals surface area contributed by atoms with Gasteiger partial charge < -0.3 is 15.0 Å². The van der Waals surface area contributed by atoms with E-state index in [1.165, 1.54) is 0 Å². The van der Waals surface area contributed by atoms with Crippen LogP contribution in [0.1, 0.15) is 59.2 Å². The lowest BCUT2D eigenvalue weighted by molar-refractivity contribution is 0.0944. The first-order valence-electron chi connectivity index (χ1n) is 9.51. The first-order valence-corrected chi connectivity index (χ1v) is 9.88. The molecular weight excluding hydrogens is 392 g/mol. The van der Waals surface area contributed by atoms with Gasteiger partial charge in [0.2, 0.25) is 0 Å². The molecule has 0 saturated carbocycles. The number of nitrogens with zero attached hydrogens (tertiary/aromatic N) is 2. The third-order valence-corrected chi connectivity index (χ3v) is 5.26. The van der Waals surface area contributed by atoms with E-state index in [4.69, 9.17) is 16.3 Å². The summed E-state index contributed by atoms with van der Waals surface area (Å²) in [5.41, 5.74) is 3.79. The molecule has 3 rings (SSSR count). The molecule has 3 heterocycles. The third-order valence-electron chi connectivity index (χ3n) is 5.04. The second-order valence-electron chi connectivity index (χ2n) is 7.15. The summed E-state index contributed by atoms with van der Waals surface area (Å²) in [6, 6.07) is 5.26. The number of carbonyl (C=O) groups is 1. The van der Waals surface area contributed by atoms with E-state index in [-0.39, 0.29) is 30.5 Å². The number of nitrogens with one attached hydrogen (secondary N) is 2. The Hall–Kier alpha value is -2.64. The number of fused-ring (bicyclic) bond motifs is 1. The monoisotopic (exact) mass is 416 g/mol. The van der Waals surface area contributed by atoms with Crippen LogP contribution >= 0.6 is 11.6 Å². The molecule has 154 valence electrons. The maximum absolute atomic E-state index is 12.9. The number of carbonyl (C=O) groups excluding carboxylic acids is 1. The zero-order valence-electron chi connectivity index (χ0n) is 17.0. The van der Waals surface area contributed by atoms with Crippen LogP contribution in [-0.4, -0.2) is 27.4 Å². The van der Waals surface area contributed by atoms with Crippen molar-refractivity contribution in [2.24, 2.45) is 0 Å². The Balaban J connectivity index is 1.92. The lowest BCUT2D eigenvalue weighted by Crippen LogP contribution is -2.29. The summed E-state index contributed by atoms with van der Waals surface area (Å²) in [6.07, 6.45) is 2.57. The number of amides is 1. The molecule has 1 atom stereocenters. The summed E-state index contributed by atoms with van der Waals surface area (Å²) in [5, 5.41) is 3.28. The number of pyridine rings is 2. The molecule has 0 aliphatic heterocycles. The van der Waals surface area contributed by atoms with Crippen LogP contribution in [0.2, 0.25) is 5.02 Å². The standard InChI is InChI=1S/C21H25ClN4O3/c1-5-12(2)19-17-7-15(22)8-18(26(17)11-24-19)21(28)23-9-16-14(10-29-4)6-13(3)25-20(16)27/h6-8,11-12H,5,9-10H2,1-4H3,(H,23,28)(H,25,27). The molecule has 3 aromatic rings. The first kappa shape index (κ1) is 21.1. The second kappa shape index (κ2) is 8.80. The van der Waals surface area contributed by atoms with Crippen LogP contribution in [0, 0.1) is 6.92 Å². The summed E-state index contributed by atoms with van der Waals surface area (Å²) in [6.45, 7) is 6.35. The summed E-state index contributed by atoms with van der Waals surface area (Å²) in [5.74, 6) is -0.0916. The van der Waals surface area contributed by atoms with Gasteiger partial charge in [-0.25, -0.2) is 4.98 Å². The third kappa shape index (κ3) is 4.36. The minimum atomic E-state index is -0.339. The van der Waals surface area contributed by atoms with Crippen LogP contribution in [0.25, 0.3) is 5.52 Å². The largest absolute Gasteiger partial charge is 0.380 e. The van der Waals surface area contributed by atoms with Crippen molar-refractivity contribution in [1.82, 2.24) is 19.7 Å². The highest BCUT2D eigenvalue weighted by Crippen LogP contribution is 2.26. The van der Waals surface area contributed by atoms with Gasteiger partial charge >= 0.3 is 0 Å². The Labute approximate surface area is 174 Å². The number of rotatable bonds is 7. The van der Waals surface area contributed by atoms with Gasteiger partial charge in [-0.15, -0.1) is 0 Å². The molecule has 3 aromatic heterocycles. The molecule has 0 fully saturated rings. The summed E-state index contributed by atoms with van der Waals surface area (Å²) in [7, 11) is 1.56. The van der Waals surface area contributed by atoms with Crippen LogP contribution in [0.3, 0.4) is 0 Å². The predicted molar refractivity (Wildman–Crippen MR) is 113 cm³/mol. The van der Waals surface area contributed by atoms with E-state index in [1.54, 1.807) is 30.8 Å². The van der Waals surface area contributed by atoms with E-state index in [0.717, 1.165) is 28.9 Å². The molecule has 0 aliphatic carbocycles. The molecule has 0 radical (unpaired) electrons. The lowest BCUT2D eigenvalue weighted by atomic mass is 10.0. The van der Waals surface area contributed by atoms with E-state index in [0.29, 0.717) is 16.3 Å². The molecule has 7 nitrogen and oxygen atoms in total. The minimum Gasteiger partial charge on any atom is -0.380 e. The van der Waals surface area contributed by atoms with E-state index >= 15 is 0 Å². The van der Waals surface area contributed by atoms with E-state index in [1.807, 2.05) is 12.1 Å². The van der Waals surface area contributed by atoms with Gasteiger partial charge in [0.25, 0.3) is 11.5 Å². The molecule has 0 bridgehead atoms. The van der Waals surface area contributed by atoms with Crippen LogP contribution in [0.4, 0.5) is 0 Å². The summed E-state index contributed by atoms with van der Waals surface area (Å²) in [4.78, 5) is 32.5. The van der Waals surface area contributed by atoms with Gasteiger partial charge in [-0.05, 0) is 37.1 Å². The fourth-order valence-electron chi connectivity index (χ4n) is 3.35. The predicted octanol–water partition coefficient (Wildman–Crippen LogP) is 3.57. The molecule has 0 aliphatic rings. The van der Waals surface area contributed by atoms with Crippen LogP contribution < -0.4 is 10.9 Å². The quantitative estimate of drug-likeness (QED) is 0.616. The smallest absolute Gasteiger partial charge is 0.268 e. The Morgan fingerprint density at radius 2 is 2.14 bits per heavy atom. The van der Waals surface area contributed by atoms with Crippen molar-refractivity contribution >= 4 is 23.0 Å². The van der Waals surface area contributed by atoms with Gasteiger partial charge in [0.05, 0.1) is 17.8 Å². The molecule has 0 spiro atoms. The van der Waals surface area contributed by atoms with Gasteiger partial charge in [0.15, 0.2) is 0 Å². The first-order chi connectivity index (χ1) is 13.8. The normalized spacial score (nSPS) is 12.3. The highest BCUT2D eigenvalue weighted by atomic mass is 35.5. The molecule has 29 heavy (non-hydrogen) atoms. The second-order valence-corrected chi connectivity index (χ2v) is 7.59. The topological polar surface area (TPSA) is 88.5 Å². The number of hydrogen-bond donors (Lipinski definition) is 2. The van der Waals surface area contributed by atoms with Gasteiger partial charge in [0.1, 0.15) is 12.0 Å². The molecular formula is C21H25ClN4O3. The lowest BCUT2D eigenvalue weighted by Gasteiger charge is -2.12. The SMILES string of the molecule is CCC(C)c1ncn2c(C(=O)NCc3c(COC)cc(C)[nH]c3=O)cc(Cl)cc12. The van der Waals surface area contributed by atoms with E-state index in [9.17, 15) is 9.59 Å². The Morgan fingerprint density at radius 1 is 1.38 bits per heavy atom. The molecule has 1 unspecified atom stereocenters. The Bertz CT molecular complexity index is 1100. The highest BCUT2D eigenvalue weighted by Gasteiger charge is 2.18. The zero-order valence-corrected chi connectivity index (χ0v) is 17.8. The number of halogens is 1. The van der Waals surface area contributed by atoms with Crippen molar-refractivity contribution in [2.45, 2.75) is 46.3 Å². The van der Waals surface area contributed by atoms with Crippen molar-refractivity contribution in [2.75, 3.05) is 7.11 Å². The average molecular weight is 417 g/mol. The number of aromatic amines is 1. The van der Waals surface area contributed by atoms with Gasteiger partial charge in [-0.1, -0.05) is 25.4 Å². The zero-order chi connectivity index (χ0) is 21.1. The van der Waals surface area contributed by atoms with Crippen LogP contribution in [0.15, 0.2) is 29.3 Å². The Morgan fingerprint density at radius 3 is 2.83 bits per heavy atom. The van der Waals surface area contributed by atoms with Gasteiger partial charge in [-0.3, -0.25) is 14.0 Å². The van der Waals surface area contributed by atoms with Gasteiger partial charge in [0, 0.05) is 35.9 Å². The highest BCUT2D eigenvalue weighted by molar-refractivity contribution is 6.31. The Kier molecular flexibility index (Phi) is 6.39. The molecule has 8 heteroatoms. The van der Waals surface area contributed by atoms with Crippen LogP contribution in [0.5, 0.6) is 0 Å². The summed E-state index contributed by atoms with van der Waals surface area (Å²) >= 11 is 6.28. The number of ether oxygens (including phenoxy) is 1. The van der Waals surface area contributed by atoms with E-state index < -0.39 is 0 Å². The number of methoxy groups -OCH3 is 1. The van der Waals surface area contributed by atoms with Crippen molar-refractivity contribution in [3.8, 4) is 0 Å². The van der Waals surface area contributed by atoms with Crippen molar-refractivity contribution in [1.29, 1.82) is 0 Å². The maximum Gasteiger partial charge on any atom is 0.268 e. The van der Waals surface area contributed by atoms with Crippen LogP contribution in [-0.2, 0) is 17.9 Å². The number of aryl methyl sites for hydroxylation is 1. The van der Waals surface area contributed by atoms with E-state index in [2.05, 4.69) is 29.1 Å². The molecule has 0 aromatic carbocycles. The fourth-order valence-corrected chi connectivity index (χ4v) is 3.56.